The Hall–Kier alpha value is -1.94. The molecule has 1 amide bonds. The number of Topliss-reactive ketones (excluding diaryl/α,β-unsaturated/α-hetero) is 1. The molecule has 0 bridgehead atoms. The van der Waals surface area contributed by atoms with E-state index in [-0.39, 0.29) is 18.2 Å². The summed E-state index contributed by atoms with van der Waals surface area (Å²) in [7, 11) is 0. The average Bonchev–Trinajstić information content (AvgIpc) is 2.77. The maximum atomic E-state index is 12.2. The van der Waals surface area contributed by atoms with E-state index in [1.54, 1.807) is 17.0 Å². The van der Waals surface area contributed by atoms with Crippen LogP contribution in [0, 0.1) is 0 Å². The Balaban J connectivity index is 1.75. The van der Waals surface area contributed by atoms with Gasteiger partial charge in [-0.3, -0.25) is 9.59 Å². The molecule has 2 aromatic carbocycles. The quantitative estimate of drug-likeness (QED) is 0.810. The van der Waals surface area contributed by atoms with Crippen molar-refractivity contribution in [1.29, 1.82) is 0 Å². The molecule has 3 rings (SSSR count). The second-order valence-corrected chi connectivity index (χ2v) is 5.66. The molecule has 0 atom stereocenters. The molecular weight excluding hydrogens is 318 g/mol. The summed E-state index contributed by atoms with van der Waals surface area (Å²) in [6.07, 6.45) is 0. The van der Waals surface area contributed by atoms with Crippen molar-refractivity contribution < 1.29 is 9.59 Å². The highest BCUT2D eigenvalue weighted by Gasteiger charge is 2.28. The van der Waals surface area contributed by atoms with E-state index in [2.05, 4.69) is 15.9 Å². The number of ketones is 1. The SMILES string of the molecule is O=C(CN1Cc2ccccc2C1=O)c1ccc(Br)cc1. The van der Waals surface area contributed by atoms with Crippen LogP contribution in [0.15, 0.2) is 53.0 Å². The van der Waals surface area contributed by atoms with Gasteiger partial charge in [0.1, 0.15) is 0 Å². The van der Waals surface area contributed by atoms with Crippen molar-refractivity contribution in [2.24, 2.45) is 0 Å². The smallest absolute Gasteiger partial charge is 0.254 e. The van der Waals surface area contributed by atoms with E-state index in [1.165, 1.54) is 0 Å². The molecule has 0 aliphatic carbocycles. The molecule has 1 aliphatic heterocycles. The number of rotatable bonds is 3. The van der Waals surface area contributed by atoms with Crippen LogP contribution in [-0.2, 0) is 6.54 Å². The Morgan fingerprint density at radius 3 is 2.50 bits per heavy atom. The zero-order chi connectivity index (χ0) is 14.1. The topological polar surface area (TPSA) is 37.4 Å². The molecule has 100 valence electrons. The average molecular weight is 330 g/mol. The largest absolute Gasteiger partial charge is 0.327 e. The van der Waals surface area contributed by atoms with Crippen molar-refractivity contribution in [3.05, 3.63) is 69.7 Å². The summed E-state index contributed by atoms with van der Waals surface area (Å²) in [6.45, 7) is 0.631. The highest BCUT2D eigenvalue weighted by molar-refractivity contribution is 9.10. The summed E-state index contributed by atoms with van der Waals surface area (Å²) in [4.78, 5) is 26.0. The van der Waals surface area contributed by atoms with Crippen LogP contribution in [0.1, 0.15) is 26.3 Å². The first-order valence-electron chi connectivity index (χ1n) is 6.31. The number of halogens is 1. The summed E-state index contributed by atoms with van der Waals surface area (Å²) in [5.74, 6) is -0.107. The van der Waals surface area contributed by atoms with Gasteiger partial charge in [0.25, 0.3) is 5.91 Å². The van der Waals surface area contributed by atoms with Gasteiger partial charge in [-0.1, -0.05) is 46.3 Å². The second kappa shape index (κ2) is 5.21. The standard InChI is InChI=1S/C16H12BrNO2/c17-13-7-5-11(6-8-13)15(19)10-18-9-12-3-1-2-4-14(12)16(18)20/h1-8H,9-10H2. The molecule has 0 radical (unpaired) electrons. The van der Waals surface area contributed by atoms with Gasteiger partial charge >= 0.3 is 0 Å². The van der Waals surface area contributed by atoms with Crippen molar-refractivity contribution in [1.82, 2.24) is 4.90 Å². The van der Waals surface area contributed by atoms with Gasteiger partial charge in [-0.15, -0.1) is 0 Å². The molecule has 2 aromatic rings. The van der Waals surface area contributed by atoms with E-state index in [1.807, 2.05) is 36.4 Å². The summed E-state index contributed by atoms with van der Waals surface area (Å²) >= 11 is 3.34. The van der Waals surface area contributed by atoms with Crippen LogP contribution in [0.4, 0.5) is 0 Å². The minimum atomic E-state index is -0.0638. The van der Waals surface area contributed by atoms with Crippen LogP contribution in [0.25, 0.3) is 0 Å². The van der Waals surface area contributed by atoms with E-state index in [9.17, 15) is 9.59 Å². The maximum absolute atomic E-state index is 12.2. The molecular formula is C16H12BrNO2. The van der Waals surface area contributed by atoms with Crippen LogP contribution < -0.4 is 0 Å². The first-order chi connectivity index (χ1) is 9.65. The van der Waals surface area contributed by atoms with Crippen LogP contribution in [0.2, 0.25) is 0 Å². The lowest BCUT2D eigenvalue weighted by atomic mass is 10.1. The minimum Gasteiger partial charge on any atom is -0.327 e. The fourth-order valence-corrected chi connectivity index (χ4v) is 2.61. The van der Waals surface area contributed by atoms with E-state index in [4.69, 9.17) is 0 Å². The van der Waals surface area contributed by atoms with E-state index < -0.39 is 0 Å². The second-order valence-electron chi connectivity index (χ2n) is 4.75. The number of carbonyl (C=O) groups is 2. The van der Waals surface area contributed by atoms with Gasteiger partial charge in [0.05, 0.1) is 6.54 Å². The molecule has 0 fully saturated rings. The zero-order valence-corrected chi connectivity index (χ0v) is 12.3. The normalized spacial score (nSPS) is 13.4. The van der Waals surface area contributed by atoms with Gasteiger partial charge in [0, 0.05) is 22.1 Å². The Kier molecular flexibility index (Phi) is 3.40. The molecule has 1 heterocycles. The monoisotopic (exact) mass is 329 g/mol. The van der Waals surface area contributed by atoms with Gasteiger partial charge in [0.15, 0.2) is 5.78 Å². The molecule has 0 saturated heterocycles. The van der Waals surface area contributed by atoms with E-state index >= 15 is 0 Å². The van der Waals surface area contributed by atoms with Crippen molar-refractivity contribution in [2.75, 3.05) is 6.54 Å². The molecule has 0 saturated carbocycles. The van der Waals surface area contributed by atoms with Crippen LogP contribution in [0.3, 0.4) is 0 Å². The number of amides is 1. The van der Waals surface area contributed by atoms with Gasteiger partial charge in [0.2, 0.25) is 0 Å². The van der Waals surface area contributed by atoms with Gasteiger partial charge < -0.3 is 4.90 Å². The number of hydrogen-bond acceptors (Lipinski definition) is 2. The minimum absolute atomic E-state index is 0.0429. The maximum Gasteiger partial charge on any atom is 0.254 e. The fraction of sp³-hybridized carbons (Fsp3) is 0.125. The van der Waals surface area contributed by atoms with Gasteiger partial charge in [-0.25, -0.2) is 0 Å². The van der Waals surface area contributed by atoms with Crippen LogP contribution in [0.5, 0.6) is 0 Å². The fourth-order valence-electron chi connectivity index (χ4n) is 2.34. The highest BCUT2D eigenvalue weighted by Crippen LogP contribution is 2.22. The van der Waals surface area contributed by atoms with Gasteiger partial charge in [-0.2, -0.15) is 0 Å². The molecule has 0 aromatic heterocycles. The molecule has 0 N–H and O–H groups in total. The molecule has 4 heteroatoms. The lowest BCUT2D eigenvalue weighted by Crippen LogP contribution is -2.30. The zero-order valence-electron chi connectivity index (χ0n) is 10.7. The van der Waals surface area contributed by atoms with Crippen molar-refractivity contribution in [2.45, 2.75) is 6.54 Å². The Morgan fingerprint density at radius 2 is 1.80 bits per heavy atom. The first kappa shape index (κ1) is 13.1. The summed E-state index contributed by atoms with van der Waals surface area (Å²) < 4.78 is 0.929. The number of benzene rings is 2. The highest BCUT2D eigenvalue weighted by atomic mass is 79.9. The lowest BCUT2D eigenvalue weighted by Gasteiger charge is -2.14. The lowest BCUT2D eigenvalue weighted by molar-refractivity contribution is 0.0729. The number of carbonyl (C=O) groups excluding carboxylic acids is 2. The first-order valence-corrected chi connectivity index (χ1v) is 7.10. The molecule has 0 unspecified atom stereocenters. The molecule has 20 heavy (non-hydrogen) atoms. The number of hydrogen-bond donors (Lipinski definition) is 0. The number of nitrogens with zero attached hydrogens (tertiary/aromatic N) is 1. The van der Waals surface area contributed by atoms with Crippen molar-refractivity contribution in [3.8, 4) is 0 Å². The molecule has 1 aliphatic rings. The Morgan fingerprint density at radius 1 is 1.10 bits per heavy atom. The van der Waals surface area contributed by atoms with Crippen LogP contribution in [-0.4, -0.2) is 23.1 Å². The summed E-state index contributed by atoms with van der Waals surface area (Å²) in [5.41, 5.74) is 2.31. The van der Waals surface area contributed by atoms with E-state index in [0.29, 0.717) is 17.7 Å². The predicted octanol–water partition coefficient (Wildman–Crippen LogP) is 3.29. The van der Waals surface area contributed by atoms with Crippen LogP contribution >= 0.6 is 15.9 Å². The molecule has 0 spiro atoms. The third kappa shape index (κ3) is 2.39. The third-order valence-electron chi connectivity index (χ3n) is 3.40. The van der Waals surface area contributed by atoms with Crippen molar-refractivity contribution in [3.63, 3.8) is 0 Å². The summed E-state index contributed by atoms with van der Waals surface area (Å²) in [6, 6.07) is 14.7. The predicted molar refractivity (Wildman–Crippen MR) is 79.7 cm³/mol. The molecule has 3 nitrogen and oxygen atoms in total. The number of fused-ring (bicyclic) bond motifs is 1. The van der Waals surface area contributed by atoms with E-state index in [0.717, 1.165) is 10.0 Å². The Bertz CT molecular complexity index is 679. The summed E-state index contributed by atoms with van der Waals surface area (Å²) in [5, 5.41) is 0. The Labute approximate surface area is 125 Å². The van der Waals surface area contributed by atoms with Gasteiger partial charge in [-0.05, 0) is 23.8 Å². The van der Waals surface area contributed by atoms with Crippen molar-refractivity contribution >= 4 is 27.6 Å². The third-order valence-corrected chi connectivity index (χ3v) is 3.93.